The lowest BCUT2D eigenvalue weighted by Gasteiger charge is -2.19. The lowest BCUT2D eigenvalue weighted by Crippen LogP contribution is -2.28. The van der Waals surface area contributed by atoms with Crippen LogP contribution < -0.4 is 9.64 Å². The minimum atomic E-state index is -0.513. The van der Waals surface area contributed by atoms with Crippen LogP contribution in [-0.2, 0) is 16.1 Å². The van der Waals surface area contributed by atoms with Gasteiger partial charge in [-0.15, -0.1) is 0 Å². The highest BCUT2D eigenvalue weighted by Gasteiger charge is 2.24. The van der Waals surface area contributed by atoms with Gasteiger partial charge in [-0.2, -0.15) is 5.26 Å². The molecule has 0 aliphatic carbocycles. The smallest absolute Gasteiger partial charge is 0.306 e. The highest BCUT2D eigenvalue weighted by atomic mass is 16.5. The number of hydrogen-bond donors (Lipinski definition) is 0. The van der Waals surface area contributed by atoms with Crippen molar-refractivity contribution in [1.82, 2.24) is 4.98 Å². The second-order valence-electron chi connectivity index (χ2n) is 7.55. The van der Waals surface area contributed by atoms with Crippen molar-refractivity contribution in [3.8, 4) is 11.8 Å². The van der Waals surface area contributed by atoms with Gasteiger partial charge in [-0.3, -0.25) is 19.3 Å². The molecular formula is C27H25N3O5. The van der Waals surface area contributed by atoms with Crippen LogP contribution in [0.2, 0.25) is 0 Å². The number of rotatable bonds is 10. The monoisotopic (exact) mass is 471 g/mol. The van der Waals surface area contributed by atoms with Crippen molar-refractivity contribution in [3.05, 3.63) is 89.1 Å². The van der Waals surface area contributed by atoms with Gasteiger partial charge in [0.05, 0.1) is 13.0 Å². The van der Waals surface area contributed by atoms with Crippen molar-refractivity contribution in [2.45, 2.75) is 26.4 Å². The maximum Gasteiger partial charge on any atom is 0.306 e. The minimum Gasteiger partial charge on any atom is -0.485 e. The zero-order chi connectivity index (χ0) is 25.2. The number of Topliss-reactive ketones (excluding diaryl/α,β-unsaturated/α-hetero) is 1. The third kappa shape index (κ3) is 6.51. The van der Waals surface area contributed by atoms with Gasteiger partial charge in [0.15, 0.2) is 17.2 Å². The van der Waals surface area contributed by atoms with Crippen LogP contribution in [0.5, 0.6) is 5.75 Å². The van der Waals surface area contributed by atoms with Crippen molar-refractivity contribution >= 4 is 23.5 Å². The molecule has 3 rings (SSSR count). The molecule has 0 bridgehead atoms. The van der Waals surface area contributed by atoms with Gasteiger partial charge in [0, 0.05) is 25.1 Å². The van der Waals surface area contributed by atoms with E-state index in [0.29, 0.717) is 5.56 Å². The van der Waals surface area contributed by atoms with E-state index in [4.69, 9.17) is 9.47 Å². The van der Waals surface area contributed by atoms with E-state index < -0.39 is 11.8 Å². The van der Waals surface area contributed by atoms with E-state index >= 15 is 0 Å². The molecule has 1 amide bonds. The van der Waals surface area contributed by atoms with Gasteiger partial charge in [-0.05, 0) is 24.6 Å². The van der Waals surface area contributed by atoms with Gasteiger partial charge in [0.2, 0.25) is 0 Å². The fraction of sp³-hybridized carbons (Fsp3) is 0.222. The van der Waals surface area contributed by atoms with Crippen molar-refractivity contribution in [1.29, 1.82) is 5.26 Å². The maximum atomic E-state index is 13.1. The standard InChI is InChI=1S/C27H25N3O5/c1-3-34-24(32)15-14-22(31)25-26(35-18-19-10-6-4-7-11-19)21(17-28)16-23(29-25)30(2)27(33)20-12-8-5-9-13-20/h4-13,16H,3,14-15,18H2,1-2H3. The number of hydrogen-bond acceptors (Lipinski definition) is 7. The first-order valence-corrected chi connectivity index (χ1v) is 11.1. The number of anilines is 1. The summed E-state index contributed by atoms with van der Waals surface area (Å²) in [6.07, 6.45) is -0.324. The number of ether oxygens (including phenoxy) is 2. The van der Waals surface area contributed by atoms with E-state index in [2.05, 4.69) is 4.98 Å². The third-order valence-electron chi connectivity index (χ3n) is 5.10. The zero-order valence-corrected chi connectivity index (χ0v) is 19.6. The first kappa shape index (κ1) is 25.1. The minimum absolute atomic E-state index is 0.00882. The zero-order valence-electron chi connectivity index (χ0n) is 19.6. The number of pyridine rings is 1. The summed E-state index contributed by atoms with van der Waals surface area (Å²) < 4.78 is 10.8. The molecule has 0 aliphatic rings. The van der Waals surface area contributed by atoms with E-state index in [9.17, 15) is 19.6 Å². The Balaban J connectivity index is 1.97. The summed E-state index contributed by atoms with van der Waals surface area (Å²) in [5, 5.41) is 9.83. The number of esters is 1. The Morgan fingerprint density at radius 3 is 2.29 bits per heavy atom. The summed E-state index contributed by atoms with van der Waals surface area (Å²) in [5.41, 5.74) is 1.20. The Bertz CT molecular complexity index is 1240. The summed E-state index contributed by atoms with van der Waals surface area (Å²) in [5.74, 6) is -1.25. The Morgan fingerprint density at radius 2 is 1.66 bits per heavy atom. The molecule has 8 nitrogen and oxygen atoms in total. The van der Waals surface area contributed by atoms with Gasteiger partial charge in [-0.1, -0.05) is 48.5 Å². The first-order chi connectivity index (χ1) is 16.9. The van der Waals surface area contributed by atoms with E-state index in [1.807, 2.05) is 36.4 Å². The number of carbonyl (C=O) groups is 3. The summed E-state index contributed by atoms with van der Waals surface area (Å²) in [6.45, 7) is 1.99. The van der Waals surface area contributed by atoms with Crippen LogP contribution >= 0.6 is 0 Å². The Morgan fingerprint density at radius 1 is 1.00 bits per heavy atom. The van der Waals surface area contributed by atoms with Crippen LogP contribution in [0.1, 0.15) is 51.7 Å². The average Bonchev–Trinajstić information content (AvgIpc) is 2.90. The second-order valence-corrected chi connectivity index (χ2v) is 7.55. The van der Waals surface area contributed by atoms with E-state index in [0.717, 1.165) is 5.56 Å². The van der Waals surface area contributed by atoms with Gasteiger partial charge in [0.25, 0.3) is 5.91 Å². The predicted octanol–water partition coefficient (Wildman–Crippen LogP) is 4.33. The molecule has 1 aromatic heterocycles. The Labute approximate surface area is 203 Å². The molecule has 0 unspecified atom stereocenters. The topological polar surface area (TPSA) is 110 Å². The average molecular weight is 472 g/mol. The van der Waals surface area contributed by atoms with Gasteiger partial charge >= 0.3 is 5.97 Å². The van der Waals surface area contributed by atoms with Crippen LogP contribution in [0.4, 0.5) is 5.82 Å². The number of nitrogens with zero attached hydrogens (tertiary/aromatic N) is 3. The lowest BCUT2D eigenvalue weighted by molar-refractivity contribution is -0.143. The van der Waals surface area contributed by atoms with E-state index in [-0.39, 0.29) is 54.8 Å². The molecule has 0 saturated heterocycles. The van der Waals surface area contributed by atoms with E-state index in [1.165, 1.54) is 18.0 Å². The Kier molecular flexibility index (Phi) is 8.68. The number of amides is 1. The molecule has 8 heteroatoms. The third-order valence-corrected chi connectivity index (χ3v) is 5.10. The molecule has 0 atom stereocenters. The molecule has 2 aromatic carbocycles. The lowest BCUT2D eigenvalue weighted by atomic mass is 10.1. The van der Waals surface area contributed by atoms with Crippen molar-refractivity contribution < 1.29 is 23.9 Å². The second kappa shape index (κ2) is 12.1. The number of ketones is 1. The molecule has 35 heavy (non-hydrogen) atoms. The van der Waals surface area contributed by atoms with Crippen LogP contribution in [0.25, 0.3) is 0 Å². The molecule has 1 heterocycles. The molecule has 0 N–H and O–H groups in total. The Hall–Kier alpha value is -4.51. The first-order valence-electron chi connectivity index (χ1n) is 11.1. The van der Waals surface area contributed by atoms with Crippen LogP contribution in [0, 0.1) is 11.3 Å². The summed E-state index contributed by atoms with van der Waals surface area (Å²) >= 11 is 0. The van der Waals surface area contributed by atoms with Crippen LogP contribution in [-0.4, -0.2) is 36.3 Å². The summed E-state index contributed by atoms with van der Waals surface area (Å²) in [4.78, 5) is 43.5. The van der Waals surface area contributed by atoms with Crippen molar-refractivity contribution in [2.24, 2.45) is 0 Å². The molecule has 0 fully saturated rings. The molecule has 0 aliphatic heterocycles. The highest BCUT2D eigenvalue weighted by Crippen LogP contribution is 2.29. The van der Waals surface area contributed by atoms with E-state index in [1.54, 1.807) is 37.3 Å². The quantitative estimate of drug-likeness (QED) is 0.320. The maximum absolute atomic E-state index is 13.1. The van der Waals surface area contributed by atoms with Gasteiger partial charge in [0.1, 0.15) is 24.1 Å². The molecular weight excluding hydrogens is 446 g/mol. The summed E-state index contributed by atoms with van der Waals surface area (Å²) in [6, 6.07) is 21.3. The van der Waals surface area contributed by atoms with Crippen LogP contribution in [0.3, 0.4) is 0 Å². The highest BCUT2D eigenvalue weighted by molar-refractivity contribution is 6.06. The molecule has 178 valence electrons. The molecule has 0 saturated carbocycles. The molecule has 0 spiro atoms. The molecule has 3 aromatic rings. The number of nitriles is 1. The fourth-order valence-electron chi connectivity index (χ4n) is 3.29. The molecule has 0 radical (unpaired) electrons. The largest absolute Gasteiger partial charge is 0.485 e. The number of aromatic nitrogens is 1. The summed E-state index contributed by atoms with van der Waals surface area (Å²) in [7, 11) is 1.51. The van der Waals surface area contributed by atoms with Gasteiger partial charge in [-0.25, -0.2) is 4.98 Å². The van der Waals surface area contributed by atoms with Gasteiger partial charge < -0.3 is 9.47 Å². The number of benzene rings is 2. The number of carbonyl (C=O) groups excluding carboxylic acids is 3. The van der Waals surface area contributed by atoms with Crippen molar-refractivity contribution in [3.63, 3.8) is 0 Å². The normalized spacial score (nSPS) is 10.2. The van der Waals surface area contributed by atoms with Crippen molar-refractivity contribution in [2.75, 3.05) is 18.6 Å². The van der Waals surface area contributed by atoms with Crippen LogP contribution in [0.15, 0.2) is 66.7 Å². The SMILES string of the molecule is CCOC(=O)CCC(=O)c1nc(N(C)C(=O)c2ccccc2)cc(C#N)c1OCc1ccccc1. The predicted molar refractivity (Wildman–Crippen MR) is 129 cm³/mol. The fourth-order valence-corrected chi connectivity index (χ4v) is 3.29.